The fourth-order valence-corrected chi connectivity index (χ4v) is 1.82. The molecular weight excluding hydrogens is 380 g/mol. The maximum absolute atomic E-state index is 14.1. The molecule has 134 valence electrons. The Hall–Kier alpha value is -3.01. The van der Waals surface area contributed by atoms with E-state index in [0.29, 0.717) is 12.4 Å². The normalized spacial score (nSPS) is 11.3. The maximum Gasteiger partial charge on any atom is 0.419 e. The number of alkyl halides is 3. The first-order chi connectivity index (χ1) is 12.3. The van der Waals surface area contributed by atoms with Crippen LogP contribution in [-0.4, -0.2) is 19.9 Å². The topological polar surface area (TPSA) is 70.0 Å². The van der Waals surface area contributed by atoms with Crippen molar-refractivity contribution in [1.82, 2.24) is 19.9 Å². The van der Waals surface area contributed by atoms with E-state index in [4.69, 9.17) is 21.1 Å². The van der Waals surface area contributed by atoms with E-state index in [1.54, 1.807) is 0 Å². The molecule has 0 fully saturated rings. The van der Waals surface area contributed by atoms with Gasteiger partial charge in [-0.05, 0) is 12.1 Å². The van der Waals surface area contributed by atoms with Gasteiger partial charge >= 0.3 is 18.2 Å². The summed E-state index contributed by atoms with van der Waals surface area (Å²) < 4.78 is 62.1. The van der Waals surface area contributed by atoms with Crippen LogP contribution in [-0.2, 0) is 6.18 Å². The fraction of sp³-hybridized carbons (Fsp3) is 0.0667. The monoisotopic (exact) mass is 386 g/mol. The number of para-hydroxylation sites is 1. The van der Waals surface area contributed by atoms with Crippen molar-refractivity contribution in [2.45, 2.75) is 6.18 Å². The highest BCUT2D eigenvalue weighted by Gasteiger charge is 2.31. The van der Waals surface area contributed by atoms with Gasteiger partial charge in [0.15, 0.2) is 11.6 Å². The summed E-state index contributed by atoms with van der Waals surface area (Å²) in [7, 11) is 0. The molecule has 0 radical (unpaired) electrons. The second-order valence-corrected chi connectivity index (χ2v) is 5.14. The number of rotatable bonds is 4. The lowest BCUT2D eigenvalue weighted by Crippen LogP contribution is -2.06. The Morgan fingerprint density at radius 3 is 2.04 bits per heavy atom. The van der Waals surface area contributed by atoms with Crippen molar-refractivity contribution >= 4 is 11.6 Å². The van der Waals surface area contributed by atoms with Crippen LogP contribution < -0.4 is 9.47 Å². The summed E-state index contributed by atoms with van der Waals surface area (Å²) in [4.78, 5) is 14.4. The zero-order valence-corrected chi connectivity index (χ0v) is 13.3. The first-order valence-corrected chi connectivity index (χ1v) is 7.22. The zero-order valence-electron chi connectivity index (χ0n) is 12.5. The van der Waals surface area contributed by atoms with E-state index in [2.05, 4.69) is 19.9 Å². The molecule has 0 saturated heterocycles. The number of halogens is 5. The molecule has 0 amide bonds. The fourth-order valence-electron chi connectivity index (χ4n) is 1.73. The minimum absolute atomic E-state index is 0.177. The largest absolute Gasteiger partial charge is 0.420 e. The Kier molecular flexibility index (Phi) is 4.85. The molecule has 26 heavy (non-hydrogen) atoms. The van der Waals surface area contributed by atoms with Crippen LogP contribution in [0.4, 0.5) is 17.6 Å². The van der Waals surface area contributed by atoms with Crippen molar-refractivity contribution in [2.24, 2.45) is 0 Å². The molecule has 3 rings (SSSR count). The summed E-state index contributed by atoms with van der Waals surface area (Å²) in [5.41, 5.74) is -1.05. The van der Waals surface area contributed by atoms with Gasteiger partial charge in [0.2, 0.25) is 5.75 Å². The van der Waals surface area contributed by atoms with Crippen LogP contribution in [0.25, 0.3) is 0 Å². The molecule has 0 N–H and O–H groups in total. The lowest BCUT2D eigenvalue weighted by atomic mass is 10.3. The molecule has 6 nitrogen and oxygen atoms in total. The summed E-state index contributed by atoms with van der Waals surface area (Å²) >= 11 is 5.65. The molecular formula is C15H7ClF4N4O2. The molecule has 2 heterocycles. The predicted octanol–water partition coefficient (Wildman–Crippen LogP) is 4.66. The molecule has 0 saturated carbocycles. The Morgan fingerprint density at radius 2 is 1.42 bits per heavy atom. The predicted molar refractivity (Wildman–Crippen MR) is 80.6 cm³/mol. The Labute approximate surface area is 148 Å². The molecule has 1 aromatic carbocycles. The number of ether oxygens (including phenoxy) is 2. The third-order valence-corrected chi connectivity index (χ3v) is 3.07. The van der Waals surface area contributed by atoms with Crippen LogP contribution in [0.1, 0.15) is 5.56 Å². The summed E-state index contributed by atoms with van der Waals surface area (Å²) in [6, 6.07) is 3.08. The van der Waals surface area contributed by atoms with Crippen LogP contribution in [0.2, 0.25) is 5.02 Å². The van der Waals surface area contributed by atoms with Crippen molar-refractivity contribution in [3.63, 3.8) is 0 Å². The third kappa shape index (κ3) is 4.14. The van der Waals surface area contributed by atoms with Gasteiger partial charge in [0.25, 0.3) is 0 Å². The zero-order chi connectivity index (χ0) is 18.7. The van der Waals surface area contributed by atoms with Crippen molar-refractivity contribution in [2.75, 3.05) is 0 Å². The van der Waals surface area contributed by atoms with Crippen molar-refractivity contribution < 1.29 is 27.0 Å². The second-order valence-electron chi connectivity index (χ2n) is 4.71. The summed E-state index contributed by atoms with van der Waals surface area (Å²) in [5, 5.41) is 0.250. The average molecular weight is 387 g/mol. The first-order valence-electron chi connectivity index (χ1n) is 6.84. The van der Waals surface area contributed by atoms with E-state index in [-0.39, 0.29) is 16.8 Å². The molecule has 2 aromatic heterocycles. The van der Waals surface area contributed by atoms with Gasteiger partial charge in [-0.1, -0.05) is 17.7 Å². The molecule has 0 atom stereocenters. The molecule has 0 spiro atoms. The van der Waals surface area contributed by atoms with Crippen LogP contribution in [0, 0.1) is 5.82 Å². The highest BCUT2D eigenvalue weighted by Crippen LogP contribution is 2.35. The van der Waals surface area contributed by atoms with Crippen molar-refractivity contribution in [1.29, 1.82) is 0 Å². The summed E-state index contributed by atoms with van der Waals surface area (Å²) in [6.07, 6.45) is -1.01. The molecule has 0 aliphatic rings. The van der Waals surface area contributed by atoms with Gasteiger partial charge in [0, 0.05) is 12.4 Å². The third-order valence-electron chi connectivity index (χ3n) is 2.88. The number of benzene rings is 1. The molecule has 0 bridgehead atoms. The average Bonchev–Trinajstić information content (AvgIpc) is 2.59. The van der Waals surface area contributed by atoms with E-state index in [1.807, 2.05) is 0 Å². The molecule has 0 unspecified atom stereocenters. The van der Waals surface area contributed by atoms with Gasteiger partial charge in [-0.3, -0.25) is 0 Å². The summed E-state index contributed by atoms with van der Waals surface area (Å²) in [5.74, 6) is -1.38. The highest BCUT2D eigenvalue weighted by atomic mass is 35.5. The van der Waals surface area contributed by atoms with E-state index >= 15 is 0 Å². The van der Waals surface area contributed by atoms with Crippen LogP contribution >= 0.6 is 11.6 Å². The summed E-state index contributed by atoms with van der Waals surface area (Å²) in [6.45, 7) is 0. The van der Waals surface area contributed by atoms with Gasteiger partial charge in [0.05, 0.1) is 23.0 Å². The highest BCUT2D eigenvalue weighted by molar-refractivity contribution is 6.30. The Balaban J connectivity index is 1.86. The minimum Gasteiger partial charge on any atom is -0.420 e. The maximum atomic E-state index is 14.1. The van der Waals surface area contributed by atoms with Gasteiger partial charge < -0.3 is 9.47 Å². The van der Waals surface area contributed by atoms with E-state index < -0.39 is 29.3 Å². The molecule has 11 heteroatoms. The molecule has 3 aromatic rings. The Morgan fingerprint density at radius 1 is 0.846 bits per heavy atom. The van der Waals surface area contributed by atoms with E-state index in [1.165, 1.54) is 24.5 Å². The molecule has 0 aliphatic heterocycles. The van der Waals surface area contributed by atoms with Crippen LogP contribution in [0.3, 0.4) is 0 Å². The first kappa shape index (κ1) is 17.8. The number of nitrogens with zero attached hydrogens (tertiary/aromatic N) is 4. The number of hydrogen-bond donors (Lipinski definition) is 0. The SMILES string of the molecule is Fc1cccc(Oc2ncc(C(F)(F)F)cn2)c1Oc1ncc(Cl)cn1. The quantitative estimate of drug-likeness (QED) is 0.607. The lowest BCUT2D eigenvalue weighted by molar-refractivity contribution is -0.138. The van der Waals surface area contributed by atoms with E-state index in [0.717, 1.165) is 6.07 Å². The molecule has 0 aliphatic carbocycles. The van der Waals surface area contributed by atoms with Crippen LogP contribution in [0.15, 0.2) is 43.0 Å². The Bertz CT molecular complexity index is 905. The van der Waals surface area contributed by atoms with Gasteiger partial charge in [-0.15, -0.1) is 0 Å². The second kappa shape index (κ2) is 7.08. The lowest BCUT2D eigenvalue weighted by Gasteiger charge is -2.11. The van der Waals surface area contributed by atoms with E-state index in [9.17, 15) is 17.6 Å². The number of hydrogen-bond acceptors (Lipinski definition) is 6. The van der Waals surface area contributed by atoms with Gasteiger partial charge in [-0.2, -0.15) is 13.2 Å². The van der Waals surface area contributed by atoms with Gasteiger partial charge in [-0.25, -0.2) is 24.3 Å². The minimum atomic E-state index is -4.59. The standard InChI is InChI=1S/C15H7ClF4N4O2/c16-9-6-23-14(24-7-9)26-12-10(17)2-1-3-11(12)25-13-21-4-8(5-22-13)15(18,19)20/h1-7H. The number of aromatic nitrogens is 4. The van der Waals surface area contributed by atoms with Crippen LogP contribution in [0.5, 0.6) is 23.5 Å². The van der Waals surface area contributed by atoms with Gasteiger partial charge in [0.1, 0.15) is 0 Å². The van der Waals surface area contributed by atoms with Crippen molar-refractivity contribution in [3.05, 3.63) is 59.4 Å². The van der Waals surface area contributed by atoms with Crippen molar-refractivity contribution in [3.8, 4) is 23.5 Å². The smallest absolute Gasteiger partial charge is 0.419 e.